The molecule has 2 fully saturated rings. The SMILES string of the molecule is CO[C@@]1(c2ccc(Cl)c(Cc3ccc(OC(F)(F)F)cc3)c2)O[C@H](C(O)C(OC[C@H]2O[C@@](OC)(c3ccc(Cl)c(Cc4ccc(OC(F)(F)F)cc4)c3)[C@H](OCc3ccccc3)[C@@H](OCc3ccccc3)[C@@H]2OCc2ccccc2)C(C)(C)[SiH](C)C)[C@@H](OCc2ccccc2)[C@H](OCc2ccccc2)[C@H]1OCc1ccccc1. The van der Waals surface area contributed by atoms with Crippen molar-refractivity contribution in [2.24, 2.45) is 0 Å². The van der Waals surface area contributed by atoms with Gasteiger partial charge in [0, 0.05) is 44.2 Å². The van der Waals surface area contributed by atoms with E-state index in [2.05, 4.69) is 36.4 Å². The Balaban J connectivity index is 1.01. The van der Waals surface area contributed by atoms with Crippen molar-refractivity contribution in [3.8, 4) is 11.5 Å². The number of ether oxygens (including phenoxy) is 13. The number of hydrogen-bond donors (Lipinski definition) is 1. The van der Waals surface area contributed by atoms with Crippen molar-refractivity contribution >= 4 is 32.0 Å². The third kappa shape index (κ3) is 21.6. The summed E-state index contributed by atoms with van der Waals surface area (Å²) in [5.41, 5.74) is 8.00. The van der Waals surface area contributed by atoms with E-state index in [1.165, 1.54) is 62.8 Å². The van der Waals surface area contributed by atoms with E-state index < -0.39 is 105 Å². The normalized spacial score (nSPS) is 22.1. The molecule has 12 rings (SSSR count). The van der Waals surface area contributed by atoms with Crippen LogP contribution in [0.15, 0.2) is 267 Å². The summed E-state index contributed by atoms with van der Waals surface area (Å²) >= 11 is 14.3. The van der Waals surface area contributed by atoms with Crippen LogP contribution in [0, 0.1) is 0 Å². The van der Waals surface area contributed by atoms with Crippen molar-refractivity contribution in [1.29, 1.82) is 0 Å². The van der Waals surface area contributed by atoms with Gasteiger partial charge in [0.15, 0.2) is 0 Å². The number of hydrogen-bond acceptors (Lipinski definition) is 14. The number of alkyl halides is 6. The van der Waals surface area contributed by atoms with Crippen LogP contribution in [-0.4, -0.2) is 108 Å². The lowest BCUT2D eigenvalue weighted by molar-refractivity contribution is -0.397. The summed E-state index contributed by atoms with van der Waals surface area (Å²) in [6.45, 7) is 8.31. The zero-order valence-corrected chi connectivity index (χ0v) is 66.1. The molecule has 10 aromatic rings. The van der Waals surface area contributed by atoms with Crippen molar-refractivity contribution in [3.05, 3.63) is 344 Å². The Labute approximate surface area is 667 Å². The maximum atomic E-state index is 14.5. The molecule has 2 heterocycles. The predicted octanol–water partition coefficient (Wildman–Crippen LogP) is 19.6. The summed E-state index contributed by atoms with van der Waals surface area (Å²) in [4.78, 5) is 0. The van der Waals surface area contributed by atoms with E-state index in [1.54, 1.807) is 30.3 Å². The molecule has 2 aliphatic heterocycles. The maximum Gasteiger partial charge on any atom is 0.573 e. The molecule has 10 aromatic carbocycles. The molecule has 0 aliphatic carbocycles. The van der Waals surface area contributed by atoms with E-state index in [4.69, 9.17) is 75.3 Å². The summed E-state index contributed by atoms with van der Waals surface area (Å²) in [5, 5.41) is 14.3. The first-order chi connectivity index (χ1) is 54.4. The van der Waals surface area contributed by atoms with Gasteiger partial charge in [-0.2, -0.15) is 0 Å². The fourth-order valence-electron chi connectivity index (χ4n) is 14.4. The number of methoxy groups -OCH3 is 2. The average Bonchev–Trinajstić information content (AvgIpc) is 0.736. The number of aliphatic hydroxyl groups is 1. The van der Waals surface area contributed by atoms with Gasteiger partial charge in [0.05, 0.1) is 52.4 Å². The van der Waals surface area contributed by atoms with Crippen LogP contribution in [0.3, 0.4) is 0 Å². The monoisotopic (exact) mass is 1610 g/mol. The molecule has 0 radical (unpaired) electrons. The van der Waals surface area contributed by atoms with Gasteiger partial charge < -0.3 is 66.7 Å². The van der Waals surface area contributed by atoms with Gasteiger partial charge in [0.25, 0.3) is 0 Å². The molecule has 0 bridgehead atoms. The van der Waals surface area contributed by atoms with E-state index in [9.17, 15) is 31.4 Å². The Morgan fingerprint density at radius 3 is 1.06 bits per heavy atom. The van der Waals surface area contributed by atoms with Gasteiger partial charge in [-0.05, 0) is 122 Å². The second-order valence-electron chi connectivity index (χ2n) is 29.0. The summed E-state index contributed by atoms with van der Waals surface area (Å²) in [5.74, 6) is -4.74. The summed E-state index contributed by atoms with van der Waals surface area (Å²) in [6.07, 6.45) is -21.9. The van der Waals surface area contributed by atoms with Gasteiger partial charge in [0.1, 0.15) is 66.4 Å². The quantitative estimate of drug-likeness (QED) is 0.0298. The molecule has 2 saturated heterocycles. The molecule has 23 heteroatoms. The minimum Gasteiger partial charge on any atom is -0.406 e. The van der Waals surface area contributed by atoms with Gasteiger partial charge in [-0.15, -0.1) is 26.3 Å². The molecule has 0 amide bonds. The smallest absolute Gasteiger partial charge is 0.406 e. The third-order valence-electron chi connectivity index (χ3n) is 20.9. The lowest BCUT2D eigenvalue weighted by Crippen LogP contribution is -2.69. The van der Waals surface area contributed by atoms with E-state index >= 15 is 0 Å². The topological polar surface area (TPSA) is 140 Å². The van der Waals surface area contributed by atoms with Crippen molar-refractivity contribution < 1.29 is 93.0 Å². The van der Waals surface area contributed by atoms with E-state index in [1.807, 2.05) is 188 Å². The van der Waals surface area contributed by atoms with Gasteiger partial charge in [-0.1, -0.05) is 269 Å². The van der Waals surface area contributed by atoms with Crippen LogP contribution in [0.1, 0.15) is 80.6 Å². The zero-order valence-electron chi connectivity index (χ0n) is 63.4. The summed E-state index contributed by atoms with van der Waals surface area (Å²) in [6, 6.07) is 79.3. The summed E-state index contributed by atoms with van der Waals surface area (Å²) < 4.78 is 170. The van der Waals surface area contributed by atoms with Crippen LogP contribution in [0.25, 0.3) is 0 Å². The molecule has 1 N–H and O–H groups in total. The minimum absolute atomic E-state index is 0.00332. The number of halogens is 8. The number of benzene rings is 10. The average molecular weight is 1610 g/mol. The molecule has 0 aromatic heterocycles. The summed E-state index contributed by atoms with van der Waals surface area (Å²) in [7, 11) is 0.923. The maximum absolute atomic E-state index is 14.5. The molecule has 113 heavy (non-hydrogen) atoms. The first-order valence-electron chi connectivity index (χ1n) is 37.4. The van der Waals surface area contributed by atoms with Gasteiger partial charge >= 0.3 is 12.7 Å². The van der Waals surface area contributed by atoms with Crippen LogP contribution in [-0.2, 0) is 116 Å². The molecule has 2 unspecified atom stereocenters. The first kappa shape index (κ1) is 84.1. The number of rotatable bonds is 35. The van der Waals surface area contributed by atoms with Crippen molar-refractivity contribution in [2.75, 3.05) is 20.8 Å². The fourth-order valence-corrected chi connectivity index (χ4v) is 15.7. The standard InChI is InChI=1S/C90H92Cl2F6O14Si/c1-86(2,113(5)6)83(77(99)79-80(103-54-63-27-15-8-16-28-63)82(105-56-65-31-19-10-20-32-65)85(107-58-67-35-23-12-24-36-67)88(101-4,112-79)71-42-48-75(92)69(52-71)50-61-39-45-73(46-40-61)110-90(96,97)98)108-59-76-78(102-53-62-25-13-7-14-26-62)81(104-55-64-29-17-9-18-30-64)84(106-57-66-33-21-11-22-34-66)87(100-3,111-76)70-41-47-74(91)68(51-70)49-60-37-43-72(44-38-60)109-89(93,94)95/h7-48,51-52,76-85,99,113H,49-50,53-59H2,1-6H3/t76-,77?,78-,79-,80-,81+,82+,83?,84-,85-,87+,88+/m1/s1. The highest BCUT2D eigenvalue weighted by molar-refractivity contribution is 6.59. The zero-order chi connectivity index (χ0) is 79.8. The Morgan fingerprint density at radius 1 is 0.407 bits per heavy atom. The molecule has 12 atom stereocenters. The fraction of sp³-hybridized carbons (Fsp3) is 0.333. The Hall–Kier alpha value is -8.30. The molecule has 596 valence electrons. The molecule has 0 spiro atoms. The van der Waals surface area contributed by atoms with Crippen LogP contribution in [0.5, 0.6) is 11.5 Å². The molecule has 2 aliphatic rings. The van der Waals surface area contributed by atoms with Crippen LogP contribution in [0.2, 0.25) is 28.2 Å². The number of aliphatic hydroxyl groups excluding tert-OH is 1. The van der Waals surface area contributed by atoms with Crippen molar-refractivity contribution in [3.63, 3.8) is 0 Å². The predicted molar refractivity (Wildman–Crippen MR) is 421 cm³/mol. The van der Waals surface area contributed by atoms with Crippen LogP contribution in [0.4, 0.5) is 26.3 Å². The highest BCUT2D eigenvalue weighted by Gasteiger charge is 2.63. The lowest BCUT2D eigenvalue weighted by atomic mass is 9.82. The van der Waals surface area contributed by atoms with Crippen molar-refractivity contribution in [2.45, 2.75) is 170 Å². The highest BCUT2D eigenvalue weighted by atomic mass is 35.5. The Kier molecular flexibility index (Phi) is 28.6. The van der Waals surface area contributed by atoms with Gasteiger partial charge in [-0.25, -0.2) is 0 Å². The van der Waals surface area contributed by atoms with E-state index in [-0.39, 0.29) is 64.8 Å². The highest BCUT2D eigenvalue weighted by Crippen LogP contribution is 2.50. The molecular formula is C90H92Cl2F6O14Si. The van der Waals surface area contributed by atoms with Crippen molar-refractivity contribution in [1.82, 2.24) is 0 Å². The molecule has 0 saturated carbocycles. The first-order valence-corrected chi connectivity index (χ1v) is 41.0. The minimum atomic E-state index is -4.91. The third-order valence-corrected chi connectivity index (χ3v) is 25.0. The van der Waals surface area contributed by atoms with Gasteiger partial charge in [0.2, 0.25) is 11.6 Å². The van der Waals surface area contributed by atoms with Gasteiger partial charge in [-0.3, -0.25) is 0 Å². The van der Waals surface area contributed by atoms with Crippen LogP contribution >= 0.6 is 23.2 Å². The lowest BCUT2D eigenvalue weighted by Gasteiger charge is -2.55. The Bertz CT molecular complexity index is 4570. The Morgan fingerprint density at radius 2 is 0.726 bits per heavy atom. The second-order valence-corrected chi connectivity index (χ2v) is 33.6. The van der Waals surface area contributed by atoms with E-state index in [0.29, 0.717) is 43.4 Å². The molecular weight excluding hydrogens is 1520 g/mol. The second kappa shape index (κ2) is 38.4. The molecule has 14 nitrogen and oxygen atoms in total. The van der Waals surface area contributed by atoms with Crippen LogP contribution < -0.4 is 9.47 Å². The van der Waals surface area contributed by atoms with E-state index in [0.717, 1.165) is 33.4 Å². The largest absolute Gasteiger partial charge is 0.573 e.